The SMILES string of the molecule is CCc1cnc(CNC(=O)C(CCC(=O)O)NC(=O)OCC2c3ccccc3-c3ccccc32)o1. The predicted molar refractivity (Wildman–Crippen MR) is 127 cm³/mol. The molecule has 35 heavy (non-hydrogen) atoms. The quantitative estimate of drug-likeness (QED) is 0.406. The molecule has 1 aromatic heterocycles. The maximum Gasteiger partial charge on any atom is 0.407 e. The smallest absolute Gasteiger partial charge is 0.407 e. The van der Waals surface area contributed by atoms with E-state index in [1.807, 2.05) is 55.5 Å². The van der Waals surface area contributed by atoms with E-state index in [-0.39, 0.29) is 31.9 Å². The molecule has 1 aliphatic rings. The number of aromatic nitrogens is 1. The van der Waals surface area contributed by atoms with Gasteiger partial charge in [-0.3, -0.25) is 9.59 Å². The van der Waals surface area contributed by atoms with Crippen LogP contribution in [0.25, 0.3) is 11.1 Å². The standard InChI is InChI=1S/C26H27N3O6/c1-2-16-13-27-23(35-16)14-28-25(32)22(11-12-24(30)31)29-26(33)34-15-21-19-9-5-3-7-17(19)18-8-4-6-10-20(18)21/h3-10,13,21-22H,2,11-12,14-15H2,1H3,(H,28,32)(H,29,33)(H,30,31). The maximum atomic E-state index is 12.7. The minimum Gasteiger partial charge on any atom is -0.481 e. The summed E-state index contributed by atoms with van der Waals surface area (Å²) in [5.74, 6) is -0.729. The Bertz CT molecular complexity index is 1180. The van der Waals surface area contributed by atoms with Gasteiger partial charge in [-0.05, 0) is 28.7 Å². The van der Waals surface area contributed by atoms with E-state index in [4.69, 9.17) is 14.3 Å². The first kappa shape index (κ1) is 24.0. The molecular weight excluding hydrogens is 450 g/mol. The molecule has 4 rings (SSSR count). The van der Waals surface area contributed by atoms with Gasteiger partial charge in [-0.1, -0.05) is 55.5 Å². The molecule has 3 N–H and O–H groups in total. The normalized spacial score (nSPS) is 12.9. The van der Waals surface area contributed by atoms with Gasteiger partial charge in [-0.2, -0.15) is 0 Å². The molecular formula is C26H27N3O6. The Labute approximate surface area is 202 Å². The fraction of sp³-hybridized carbons (Fsp3) is 0.308. The highest BCUT2D eigenvalue weighted by Gasteiger charge is 2.30. The molecule has 0 saturated carbocycles. The molecule has 3 aromatic rings. The molecule has 1 heterocycles. The highest BCUT2D eigenvalue weighted by molar-refractivity contribution is 5.86. The first-order chi connectivity index (χ1) is 17.0. The lowest BCUT2D eigenvalue weighted by molar-refractivity contribution is -0.137. The lowest BCUT2D eigenvalue weighted by atomic mass is 9.98. The van der Waals surface area contributed by atoms with Crippen LogP contribution in [0.4, 0.5) is 4.79 Å². The van der Waals surface area contributed by atoms with Crippen LogP contribution in [-0.4, -0.2) is 40.7 Å². The van der Waals surface area contributed by atoms with Crippen molar-refractivity contribution in [3.8, 4) is 11.1 Å². The van der Waals surface area contributed by atoms with Crippen LogP contribution in [-0.2, 0) is 27.3 Å². The lowest BCUT2D eigenvalue weighted by Crippen LogP contribution is -2.47. The monoisotopic (exact) mass is 477 g/mol. The van der Waals surface area contributed by atoms with E-state index in [0.717, 1.165) is 22.3 Å². The summed E-state index contributed by atoms with van der Waals surface area (Å²) in [4.78, 5) is 40.4. The van der Waals surface area contributed by atoms with E-state index in [9.17, 15) is 14.4 Å². The number of aryl methyl sites for hydroxylation is 1. The number of fused-ring (bicyclic) bond motifs is 3. The molecule has 0 spiro atoms. The van der Waals surface area contributed by atoms with Crippen molar-refractivity contribution < 1.29 is 28.6 Å². The summed E-state index contributed by atoms with van der Waals surface area (Å²) in [7, 11) is 0. The van der Waals surface area contributed by atoms with E-state index in [1.165, 1.54) is 0 Å². The number of amides is 2. The fourth-order valence-corrected chi connectivity index (χ4v) is 4.20. The third-order valence-electron chi connectivity index (χ3n) is 5.96. The van der Waals surface area contributed by atoms with Gasteiger partial charge >= 0.3 is 12.1 Å². The number of nitrogens with zero attached hydrogens (tertiary/aromatic N) is 1. The third-order valence-corrected chi connectivity index (χ3v) is 5.96. The number of carboxylic acids is 1. The van der Waals surface area contributed by atoms with Crippen molar-refractivity contribution in [3.05, 3.63) is 77.5 Å². The van der Waals surface area contributed by atoms with Gasteiger partial charge in [0.05, 0.1) is 12.7 Å². The van der Waals surface area contributed by atoms with Crippen LogP contribution < -0.4 is 10.6 Å². The number of carboxylic acid groups (broad SMARTS) is 1. The van der Waals surface area contributed by atoms with E-state index in [0.29, 0.717) is 18.1 Å². The van der Waals surface area contributed by atoms with Crippen LogP contribution in [0.2, 0.25) is 0 Å². The third kappa shape index (κ3) is 5.68. The Balaban J connectivity index is 1.38. The number of rotatable bonds is 10. The number of alkyl carbamates (subject to hydrolysis) is 1. The molecule has 0 fully saturated rings. The average molecular weight is 478 g/mol. The summed E-state index contributed by atoms with van der Waals surface area (Å²) in [5, 5.41) is 14.2. The molecule has 0 aliphatic heterocycles. The van der Waals surface area contributed by atoms with Crippen LogP contribution >= 0.6 is 0 Å². The number of aliphatic carboxylic acids is 1. The zero-order valence-corrected chi connectivity index (χ0v) is 19.3. The van der Waals surface area contributed by atoms with Gasteiger partial charge in [0.1, 0.15) is 18.4 Å². The van der Waals surface area contributed by atoms with Gasteiger partial charge < -0.3 is 24.9 Å². The predicted octanol–water partition coefficient (Wildman–Crippen LogP) is 3.63. The van der Waals surface area contributed by atoms with E-state index < -0.39 is 24.0 Å². The molecule has 0 radical (unpaired) electrons. The molecule has 0 saturated heterocycles. The fourth-order valence-electron chi connectivity index (χ4n) is 4.20. The highest BCUT2D eigenvalue weighted by Crippen LogP contribution is 2.44. The van der Waals surface area contributed by atoms with Gasteiger partial charge in [0, 0.05) is 18.8 Å². The molecule has 2 aromatic carbocycles. The second kappa shape index (κ2) is 10.9. The highest BCUT2D eigenvalue weighted by atomic mass is 16.5. The number of oxazole rings is 1. The first-order valence-corrected chi connectivity index (χ1v) is 11.5. The zero-order valence-electron chi connectivity index (χ0n) is 19.3. The van der Waals surface area contributed by atoms with Gasteiger partial charge in [-0.25, -0.2) is 9.78 Å². The Morgan fingerprint density at radius 2 is 1.74 bits per heavy atom. The molecule has 9 nitrogen and oxygen atoms in total. The van der Waals surface area contributed by atoms with Gasteiger partial charge in [0.15, 0.2) is 0 Å². The van der Waals surface area contributed by atoms with Crippen molar-refractivity contribution in [2.24, 2.45) is 0 Å². The second-order valence-electron chi connectivity index (χ2n) is 8.25. The van der Waals surface area contributed by atoms with Crippen molar-refractivity contribution in [1.29, 1.82) is 0 Å². The average Bonchev–Trinajstić information content (AvgIpc) is 3.46. The molecule has 1 aliphatic carbocycles. The van der Waals surface area contributed by atoms with Crippen LogP contribution in [0.15, 0.2) is 59.1 Å². The Morgan fingerprint density at radius 3 is 2.34 bits per heavy atom. The van der Waals surface area contributed by atoms with Crippen molar-refractivity contribution >= 4 is 18.0 Å². The maximum absolute atomic E-state index is 12.7. The molecule has 1 atom stereocenters. The number of carbonyl (C=O) groups is 3. The Hall–Kier alpha value is -4.14. The van der Waals surface area contributed by atoms with Gasteiger partial charge in [0.25, 0.3) is 0 Å². The topological polar surface area (TPSA) is 131 Å². The number of benzene rings is 2. The number of hydrogen-bond donors (Lipinski definition) is 3. The molecule has 182 valence electrons. The molecule has 2 amide bonds. The molecule has 9 heteroatoms. The second-order valence-corrected chi connectivity index (χ2v) is 8.25. The summed E-state index contributed by atoms with van der Waals surface area (Å²) in [6.07, 6.45) is 1.09. The van der Waals surface area contributed by atoms with Crippen molar-refractivity contribution in [3.63, 3.8) is 0 Å². The summed E-state index contributed by atoms with van der Waals surface area (Å²) in [6.45, 7) is 2.03. The Morgan fingerprint density at radius 1 is 1.09 bits per heavy atom. The zero-order chi connectivity index (χ0) is 24.8. The number of nitrogens with one attached hydrogen (secondary N) is 2. The van der Waals surface area contributed by atoms with Crippen LogP contribution in [0.5, 0.6) is 0 Å². The summed E-state index contributed by atoms with van der Waals surface area (Å²) in [6, 6.07) is 14.9. The molecule has 0 bridgehead atoms. The number of carbonyl (C=O) groups excluding carboxylic acids is 2. The number of ether oxygens (including phenoxy) is 1. The lowest BCUT2D eigenvalue weighted by Gasteiger charge is -2.19. The van der Waals surface area contributed by atoms with Gasteiger partial charge in [-0.15, -0.1) is 0 Å². The van der Waals surface area contributed by atoms with Crippen LogP contribution in [0, 0.1) is 0 Å². The van der Waals surface area contributed by atoms with Crippen molar-refractivity contribution in [2.45, 2.75) is 44.7 Å². The first-order valence-electron chi connectivity index (χ1n) is 11.5. The van der Waals surface area contributed by atoms with Crippen LogP contribution in [0.1, 0.15) is 48.5 Å². The largest absolute Gasteiger partial charge is 0.481 e. The summed E-state index contributed by atoms with van der Waals surface area (Å²) >= 11 is 0. The van der Waals surface area contributed by atoms with Crippen molar-refractivity contribution in [2.75, 3.05) is 6.61 Å². The summed E-state index contributed by atoms with van der Waals surface area (Å²) in [5.41, 5.74) is 4.35. The van der Waals surface area contributed by atoms with E-state index in [1.54, 1.807) is 6.20 Å². The summed E-state index contributed by atoms with van der Waals surface area (Å²) < 4.78 is 11.0. The van der Waals surface area contributed by atoms with Crippen molar-refractivity contribution in [1.82, 2.24) is 15.6 Å². The minimum atomic E-state index is -1.08. The number of hydrogen-bond acceptors (Lipinski definition) is 6. The Kier molecular flexibility index (Phi) is 7.45. The molecule has 1 unspecified atom stereocenters. The van der Waals surface area contributed by atoms with Crippen LogP contribution in [0.3, 0.4) is 0 Å². The minimum absolute atomic E-state index is 0.0226. The van der Waals surface area contributed by atoms with E-state index >= 15 is 0 Å². The van der Waals surface area contributed by atoms with E-state index in [2.05, 4.69) is 15.6 Å². The van der Waals surface area contributed by atoms with Gasteiger partial charge in [0.2, 0.25) is 11.8 Å².